The minimum atomic E-state index is -0.0502. The first-order valence-corrected chi connectivity index (χ1v) is 6.12. The van der Waals surface area contributed by atoms with Crippen molar-refractivity contribution in [2.75, 3.05) is 0 Å². The molecule has 1 aliphatic rings. The van der Waals surface area contributed by atoms with Gasteiger partial charge in [0.15, 0.2) is 0 Å². The highest BCUT2D eigenvalue weighted by Crippen LogP contribution is 2.25. The molecule has 1 aromatic heterocycles. The van der Waals surface area contributed by atoms with Crippen LogP contribution in [0.2, 0.25) is 0 Å². The zero-order valence-electron chi connectivity index (χ0n) is 8.96. The number of aromatic amines is 1. The van der Waals surface area contributed by atoms with Gasteiger partial charge < -0.3 is 10.3 Å². The molecule has 0 fully saturated rings. The van der Waals surface area contributed by atoms with E-state index in [9.17, 15) is 4.79 Å². The molecule has 2 aromatic rings. The molecular weight excluding hydrogens is 282 g/mol. The minimum absolute atomic E-state index is 0.0502. The Hall–Kier alpha value is -1.46. The maximum atomic E-state index is 11.9. The number of hydrogen-bond acceptors (Lipinski definition) is 3. The lowest BCUT2D eigenvalue weighted by atomic mass is 10.2. The second-order valence-electron chi connectivity index (χ2n) is 3.92. The Labute approximate surface area is 106 Å². The summed E-state index contributed by atoms with van der Waals surface area (Å²) in [4.78, 5) is 19.2. The molecule has 0 spiro atoms. The Bertz CT molecular complexity index is 636. The molecule has 4 nitrogen and oxygen atoms in total. The SMILES string of the molecule is O=c1[nH]c(-c2ccccc2Br)nc2c1CNC2. The van der Waals surface area contributed by atoms with Gasteiger partial charge in [0.25, 0.3) is 5.56 Å². The van der Waals surface area contributed by atoms with Gasteiger partial charge in [0.1, 0.15) is 5.82 Å². The Morgan fingerprint density at radius 1 is 1.24 bits per heavy atom. The third-order valence-corrected chi connectivity index (χ3v) is 3.52. The molecule has 86 valence electrons. The van der Waals surface area contributed by atoms with E-state index in [0.29, 0.717) is 18.9 Å². The Balaban J connectivity index is 2.20. The standard InChI is InChI=1S/C12H10BrN3O/c13-9-4-2-1-3-7(9)11-15-10-6-14-5-8(10)12(17)16-11/h1-4,14H,5-6H2,(H,15,16,17). The van der Waals surface area contributed by atoms with Gasteiger partial charge in [0.2, 0.25) is 0 Å². The Morgan fingerprint density at radius 3 is 2.88 bits per heavy atom. The normalized spacial score (nSPS) is 13.7. The highest BCUT2D eigenvalue weighted by Gasteiger charge is 2.17. The fourth-order valence-corrected chi connectivity index (χ4v) is 2.43. The number of aromatic nitrogens is 2. The summed E-state index contributed by atoms with van der Waals surface area (Å²) in [6.45, 7) is 1.27. The molecule has 0 saturated carbocycles. The molecule has 0 bridgehead atoms. The van der Waals surface area contributed by atoms with E-state index in [2.05, 4.69) is 31.2 Å². The molecule has 2 heterocycles. The summed E-state index contributed by atoms with van der Waals surface area (Å²) in [5.41, 5.74) is 2.45. The fourth-order valence-electron chi connectivity index (χ4n) is 1.96. The lowest BCUT2D eigenvalue weighted by molar-refractivity contribution is 0.757. The molecule has 0 amide bonds. The maximum absolute atomic E-state index is 11.9. The highest BCUT2D eigenvalue weighted by atomic mass is 79.9. The molecule has 5 heteroatoms. The molecule has 3 rings (SSSR count). The fraction of sp³-hybridized carbons (Fsp3) is 0.167. The van der Waals surface area contributed by atoms with E-state index in [-0.39, 0.29) is 5.56 Å². The highest BCUT2D eigenvalue weighted by molar-refractivity contribution is 9.10. The first-order chi connectivity index (χ1) is 8.25. The van der Waals surface area contributed by atoms with Crippen LogP contribution < -0.4 is 10.9 Å². The largest absolute Gasteiger partial charge is 0.307 e. The first kappa shape index (κ1) is 10.7. The van der Waals surface area contributed by atoms with Gasteiger partial charge in [-0.25, -0.2) is 4.98 Å². The molecule has 2 N–H and O–H groups in total. The van der Waals surface area contributed by atoms with E-state index in [1.54, 1.807) is 0 Å². The number of rotatable bonds is 1. The summed E-state index contributed by atoms with van der Waals surface area (Å²) in [6.07, 6.45) is 0. The van der Waals surface area contributed by atoms with E-state index in [0.717, 1.165) is 21.3 Å². The van der Waals surface area contributed by atoms with Crippen LogP contribution in [-0.4, -0.2) is 9.97 Å². The van der Waals surface area contributed by atoms with Crippen molar-refractivity contribution in [2.24, 2.45) is 0 Å². The predicted octanol–water partition coefficient (Wildman–Crippen LogP) is 1.80. The number of nitrogens with one attached hydrogen (secondary N) is 2. The van der Waals surface area contributed by atoms with Gasteiger partial charge in [-0.15, -0.1) is 0 Å². The zero-order valence-corrected chi connectivity index (χ0v) is 10.5. The van der Waals surface area contributed by atoms with Gasteiger partial charge in [0, 0.05) is 23.1 Å². The molecule has 0 unspecified atom stereocenters. The number of fused-ring (bicyclic) bond motifs is 1. The summed E-state index contributed by atoms with van der Waals surface area (Å²) in [5, 5.41) is 3.13. The van der Waals surface area contributed by atoms with E-state index in [4.69, 9.17) is 0 Å². The van der Waals surface area contributed by atoms with Gasteiger partial charge in [-0.3, -0.25) is 4.79 Å². The summed E-state index contributed by atoms with van der Waals surface area (Å²) in [5.74, 6) is 0.616. The number of H-pyrrole nitrogens is 1. The Morgan fingerprint density at radius 2 is 2.06 bits per heavy atom. The van der Waals surface area contributed by atoms with Crippen molar-refractivity contribution in [1.29, 1.82) is 0 Å². The quantitative estimate of drug-likeness (QED) is 0.842. The topological polar surface area (TPSA) is 57.8 Å². The van der Waals surface area contributed by atoms with Crippen molar-refractivity contribution >= 4 is 15.9 Å². The molecule has 1 aromatic carbocycles. The Kier molecular flexibility index (Phi) is 2.57. The van der Waals surface area contributed by atoms with Crippen molar-refractivity contribution in [3.8, 4) is 11.4 Å². The van der Waals surface area contributed by atoms with Gasteiger partial charge in [0.05, 0.1) is 11.3 Å². The van der Waals surface area contributed by atoms with Crippen LogP contribution in [0.5, 0.6) is 0 Å². The molecule has 0 atom stereocenters. The van der Waals surface area contributed by atoms with E-state index >= 15 is 0 Å². The molecule has 0 saturated heterocycles. The van der Waals surface area contributed by atoms with E-state index in [1.165, 1.54) is 0 Å². The van der Waals surface area contributed by atoms with Crippen LogP contribution in [0.4, 0.5) is 0 Å². The van der Waals surface area contributed by atoms with E-state index in [1.807, 2.05) is 24.3 Å². The summed E-state index contributed by atoms with van der Waals surface area (Å²) in [7, 11) is 0. The van der Waals surface area contributed by atoms with E-state index < -0.39 is 0 Å². The smallest absolute Gasteiger partial charge is 0.255 e. The number of hydrogen-bond donors (Lipinski definition) is 2. The van der Waals surface area contributed by atoms with Gasteiger partial charge in [-0.05, 0) is 6.07 Å². The number of halogens is 1. The van der Waals surface area contributed by atoms with Gasteiger partial charge in [-0.2, -0.15) is 0 Å². The van der Waals surface area contributed by atoms with Gasteiger partial charge >= 0.3 is 0 Å². The van der Waals surface area contributed by atoms with Crippen LogP contribution in [-0.2, 0) is 13.1 Å². The second kappa shape index (κ2) is 4.09. The first-order valence-electron chi connectivity index (χ1n) is 5.33. The lowest BCUT2D eigenvalue weighted by Gasteiger charge is -2.05. The third-order valence-electron chi connectivity index (χ3n) is 2.82. The van der Waals surface area contributed by atoms with Crippen LogP contribution in [0.1, 0.15) is 11.3 Å². The molecule has 0 radical (unpaired) electrons. The van der Waals surface area contributed by atoms with Gasteiger partial charge in [-0.1, -0.05) is 34.1 Å². The average molecular weight is 292 g/mol. The van der Waals surface area contributed by atoms with Crippen molar-refractivity contribution in [1.82, 2.24) is 15.3 Å². The van der Waals surface area contributed by atoms with Crippen molar-refractivity contribution in [2.45, 2.75) is 13.1 Å². The minimum Gasteiger partial charge on any atom is -0.307 e. The number of nitrogens with zero attached hydrogens (tertiary/aromatic N) is 1. The second-order valence-corrected chi connectivity index (χ2v) is 4.78. The molecule has 0 aliphatic carbocycles. The van der Waals surface area contributed by atoms with Crippen LogP contribution in [0, 0.1) is 0 Å². The van der Waals surface area contributed by atoms with Crippen LogP contribution >= 0.6 is 15.9 Å². The van der Waals surface area contributed by atoms with Crippen LogP contribution in [0.3, 0.4) is 0 Å². The summed E-state index contributed by atoms with van der Waals surface area (Å²) < 4.78 is 0.925. The predicted molar refractivity (Wildman–Crippen MR) is 68.5 cm³/mol. The third kappa shape index (κ3) is 1.81. The summed E-state index contributed by atoms with van der Waals surface area (Å²) in [6, 6.07) is 7.71. The van der Waals surface area contributed by atoms with Crippen LogP contribution in [0.25, 0.3) is 11.4 Å². The monoisotopic (exact) mass is 291 g/mol. The number of benzene rings is 1. The maximum Gasteiger partial charge on any atom is 0.255 e. The molecular formula is C12H10BrN3O. The average Bonchev–Trinajstić information content (AvgIpc) is 2.78. The molecule has 17 heavy (non-hydrogen) atoms. The lowest BCUT2D eigenvalue weighted by Crippen LogP contribution is -2.15. The van der Waals surface area contributed by atoms with Crippen molar-refractivity contribution < 1.29 is 0 Å². The van der Waals surface area contributed by atoms with Crippen molar-refractivity contribution in [3.05, 3.63) is 50.3 Å². The van der Waals surface area contributed by atoms with Crippen LogP contribution in [0.15, 0.2) is 33.5 Å². The summed E-state index contributed by atoms with van der Waals surface area (Å²) >= 11 is 3.46. The molecule has 1 aliphatic heterocycles. The van der Waals surface area contributed by atoms with Crippen molar-refractivity contribution in [3.63, 3.8) is 0 Å². The zero-order chi connectivity index (χ0) is 11.8.